The Morgan fingerprint density at radius 2 is 1.87 bits per heavy atom. The largest absolute Gasteiger partial charge is 0.459 e. The van der Waals surface area contributed by atoms with Crippen molar-refractivity contribution >= 4 is 11.5 Å². The van der Waals surface area contributed by atoms with Gasteiger partial charge in [-0.3, -0.25) is 9.58 Å². The summed E-state index contributed by atoms with van der Waals surface area (Å²) >= 11 is 0. The zero-order valence-corrected chi connectivity index (χ0v) is 18.4. The molecule has 1 aliphatic rings. The molecule has 0 aromatic carbocycles. The van der Waals surface area contributed by atoms with E-state index in [4.69, 9.17) is 9.47 Å². The molecular weight excluding hydrogens is 380 g/mol. The van der Waals surface area contributed by atoms with Crippen LogP contribution in [0.3, 0.4) is 0 Å². The first-order valence-electron chi connectivity index (χ1n) is 10.5. The highest BCUT2D eigenvalue weighted by Gasteiger charge is 2.26. The van der Waals surface area contributed by atoms with Gasteiger partial charge in [0.05, 0.1) is 31.1 Å². The molecule has 3 aromatic heterocycles. The van der Waals surface area contributed by atoms with Crippen molar-refractivity contribution in [2.45, 2.75) is 39.8 Å². The van der Waals surface area contributed by atoms with Crippen LogP contribution in [0.15, 0.2) is 30.7 Å². The maximum absolute atomic E-state index is 12.9. The SMILES string of the molecule is Cc1c(C(=O)OC(C)C)cc2cc(-c3cnn(C)c3)cn2c1C(C)N1CCOCC1. The topological polar surface area (TPSA) is 61.0 Å². The Hall–Kier alpha value is -2.64. The lowest BCUT2D eigenvalue weighted by Gasteiger charge is -2.34. The van der Waals surface area contributed by atoms with E-state index in [1.807, 2.05) is 46.3 Å². The predicted octanol–water partition coefficient (Wildman–Crippen LogP) is 3.61. The van der Waals surface area contributed by atoms with Crippen molar-refractivity contribution in [3.05, 3.63) is 47.5 Å². The van der Waals surface area contributed by atoms with Crippen molar-refractivity contribution in [3.63, 3.8) is 0 Å². The first kappa shape index (κ1) is 20.6. The fourth-order valence-corrected chi connectivity index (χ4v) is 4.24. The highest BCUT2D eigenvalue weighted by molar-refractivity contribution is 5.93. The van der Waals surface area contributed by atoms with Gasteiger partial charge in [0, 0.05) is 60.9 Å². The van der Waals surface area contributed by atoms with Gasteiger partial charge in [-0.25, -0.2) is 4.79 Å². The number of pyridine rings is 1. The number of esters is 1. The van der Waals surface area contributed by atoms with Crippen LogP contribution in [-0.4, -0.2) is 57.5 Å². The summed E-state index contributed by atoms with van der Waals surface area (Å²) in [7, 11) is 1.91. The third-order valence-electron chi connectivity index (χ3n) is 5.78. The van der Waals surface area contributed by atoms with Crippen LogP contribution in [0, 0.1) is 6.92 Å². The van der Waals surface area contributed by atoms with Crippen molar-refractivity contribution in [1.29, 1.82) is 0 Å². The molecule has 30 heavy (non-hydrogen) atoms. The molecule has 1 aliphatic heterocycles. The number of aryl methyl sites for hydroxylation is 1. The minimum Gasteiger partial charge on any atom is -0.459 e. The molecule has 1 fully saturated rings. The Kier molecular flexibility index (Phi) is 5.66. The molecule has 1 atom stereocenters. The molecule has 1 unspecified atom stereocenters. The number of morpholine rings is 1. The van der Waals surface area contributed by atoms with Gasteiger partial charge in [-0.2, -0.15) is 5.10 Å². The van der Waals surface area contributed by atoms with Gasteiger partial charge in [-0.05, 0) is 45.4 Å². The van der Waals surface area contributed by atoms with E-state index in [1.54, 1.807) is 4.68 Å². The number of nitrogens with zero attached hydrogens (tertiary/aromatic N) is 4. The van der Waals surface area contributed by atoms with E-state index in [1.165, 1.54) is 0 Å². The first-order chi connectivity index (χ1) is 14.3. The molecule has 4 heterocycles. The molecule has 0 aliphatic carbocycles. The minimum absolute atomic E-state index is 0.136. The Labute approximate surface area is 177 Å². The van der Waals surface area contributed by atoms with Crippen molar-refractivity contribution < 1.29 is 14.3 Å². The average molecular weight is 411 g/mol. The van der Waals surface area contributed by atoms with E-state index in [9.17, 15) is 4.79 Å². The van der Waals surface area contributed by atoms with Crippen LogP contribution in [0.5, 0.6) is 0 Å². The molecule has 7 heteroatoms. The highest BCUT2D eigenvalue weighted by Crippen LogP contribution is 2.32. The summed E-state index contributed by atoms with van der Waals surface area (Å²) in [6.07, 6.45) is 5.84. The van der Waals surface area contributed by atoms with Gasteiger partial charge in [-0.1, -0.05) is 0 Å². The summed E-state index contributed by atoms with van der Waals surface area (Å²) in [5.41, 5.74) is 5.80. The lowest BCUT2D eigenvalue weighted by Crippen LogP contribution is -2.39. The van der Waals surface area contributed by atoms with Gasteiger partial charge in [0.15, 0.2) is 0 Å². The van der Waals surface area contributed by atoms with E-state index < -0.39 is 0 Å². The van der Waals surface area contributed by atoms with Crippen molar-refractivity contribution in [2.24, 2.45) is 7.05 Å². The van der Waals surface area contributed by atoms with Gasteiger partial charge in [-0.15, -0.1) is 0 Å². The van der Waals surface area contributed by atoms with Gasteiger partial charge >= 0.3 is 5.97 Å². The van der Waals surface area contributed by atoms with Gasteiger partial charge in [0.25, 0.3) is 0 Å². The third kappa shape index (κ3) is 3.87. The van der Waals surface area contributed by atoms with Crippen molar-refractivity contribution in [3.8, 4) is 11.1 Å². The van der Waals surface area contributed by atoms with Crippen LogP contribution in [0.1, 0.15) is 48.4 Å². The van der Waals surface area contributed by atoms with E-state index in [0.29, 0.717) is 5.56 Å². The molecule has 1 saturated heterocycles. The molecule has 0 radical (unpaired) electrons. The number of rotatable bonds is 5. The lowest BCUT2D eigenvalue weighted by molar-refractivity contribution is 0.0186. The Balaban J connectivity index is 1.87. The molecule has 0 amide bonds. The number of carbonyl (C=O) groups excluding carboxylic acids is 1. The summed E-state index contributed by atoms with van der Waals surface area (Å²) in [4.78, 5) is 15.3. The Bertz CT molecular complexity index is 1060. The lowest BCUT2D eigenvalue weighted by atomic mass is 10.0. The highest BCUT2D eigenvalue weighted by atomic mass is 16.5. The molecule has 0 bridgehead atoms. The summed E-state index contributed by atoms with van der Waals surface area (Å²) in [6, 6.07) is 4.19. The van der Waals surface area contributed by atoms with E-state index >= 15 is 0 Å². The summed E-state index contributed by atoms with van der Waals surface area (Å²) in [5.74, 6) is -0.274. The van der Waals surface area contributed by atoms with E-state index in [-0.39, 0.29) is 18.1 Å². The van der Waals surface area contributed by atoms with Crippen LogP contribution in [-0.2, 0) is 16.5 Å². The van der Waals surface area contributed by atoms with E-state index in [0.717, 1.165) is 54.2 Å². The number of hydrogen-bond acceptors (Lipinski definition) is 5. The Morgan fingerprint density at radius 1 is 1.13 bits per heavy atom. The van der Waals surface area contributed by atoms with Gasteiger partial charge < -0.3 is 13.9 Å². The second-order valence-corrected chi connectivity index (χ2v) is 8.27. The maximum Gasteiger partial charge on any atom is 0.338 e. The normalized spacial score (nSPS) is 16.3. The fraction of sp³-hybridized carbons (Fsp3) is 0.478. The molecule has 0 spiro atoms. The van der Waals surface area contributed by atoms with Crippen LogP contribution >= 0.6 is 0 Å². The van der Waals surface area contributed by atoms with Crippen LogP contribution in [0.2, 0.25) is 0 Å². The average Bonchev–Trinajstić information content (AvgIpc) is 3.33. The zero-order valence-electron chi connectivity index (χ0n) is 18.4. The van der Waals surface area contributed by atoms with Crippen molar-refractivity contribution in [2.75, 3.05) is 26.3 Å². The molecule has 7 nitrogen and oxygen atoms in total. The van der Waals surface area contributed by atoms with Crippen LogP contribution in [0.4, 0.5) is 0 Å². The number of carbonyl (C=O) groups is 1. The second-order valence-electron chi connectivity index (χ2n) is 8.27. The van der Waals surface area contributed by atoms with Crippen molar-refractivity contribution in [1.82, 2.24) is 19.1 Å². The second kappa shape index (κ2) is 8.24. The third-order valence-corrected chi connectivity index (χ3v) is 5.78. The van der Waals surface area contributed by atoms with Gasteiger partial charge in [0.1, 0.15) is 0 Å². The van der Waals surface area contributed by atoms with Crippen LogP contribution < -0.4 is 0 Å². The smallest absolute Gasteiger partial charge is 0.338 e. The number of aromatic nitrogens is 3. The number of hydrogen-bond donors (Lipinski definition) is 0. The molecule has 3 aromatic rings. The number of ether oxygens (including phenoxy) is 2. The maximum atomic E-state index is 12.9. The summed E-state index contributed by atoms with van der Waals surface area (Å²) in [6.45, 7) is 11.2. The predicted molar refractivity (Wildman–Crippen MR) is 116 cm³/mol. The standard InChI is InChI=1S/C23H30N4O3/c1-15(2)30-23(28)21-11-20-10-18(19-12-24-25(5)13-19)14-27(20)22(16(21)3)17(4)26-6-8-29-9-7-26/h10-15,17H,6-9H2,1-5H3. The first-order valence-corrected chi connectivity index (χ1v) is 10.5. The summed E-state index contributed by atoms with van der Waals surface area (Å²) in [5, 5.41) is 4.30. The fourth-order valence-electron chi connectivity index (χ4n) is 4.24. The monoisotopic (exact) mass is 410 g/mol. The molecule has 4 rings (SSSR count). The van der Waals surface area contributed by atoms with Crippen LogP contribution in [0.25, 0.3) is 16.6 Å². The zero-order chi connectivity index (χ0) is 21.4. The Morgan fingerprint density at radius 3 is 2.50 bits per heavy atom. The van der Waals surface area contributed by atoms with E-state index in [2.05, 4.69) is 33.6 Å². The van der Waals surface area contributed by atoms with Gasteiger partial charge in [0.2, 0.25) is 0 Å². The molecule has 160 valence electrons. The molecule has 0 saturated carbocycles. The molecular formula is C23H30N4O3. The number of fused-ring (bicyclic) bond motifs is 1. The molecule has 0 N–H and O–H groups in total. The minimum atomic E-state index is -0.274. The quantitative estimate of drug-likeness (QED) is 0.602. The summed E-state index contributed by atoms with van der Waals surface area (Å²) < 4.78 is 15.1.